The molecule has 1 aliphatic rings. The SMILES string of the molecule is Cc1nc2cc(F)cc(C(=O)N3CCC(N)CC3)c2nc1C. The van der Waals surface area contributed by atoms with Gasteiger partial charge in [0, 0.05) is 25.2 Å². The first-order valence-corrected chi connectivity index (χ1v) is 7.45. The number of nitrogens with zero attached hydrogens (tertiary/aromatic N) is 3. The summed E-state index contributed by atoms with van der Waals surface area (Å²) in [7, 11) is 0. The number of benzene rings is 1. The number of halogens is 1. The first kappa shape index (κ1) is 14.8. The van der Waals surface area contributed by atoms with Crippen molar-refractivity contribution in [2.24, 2.45) is 5.73 Å². The molecule has 2 aromatic rings. The number of aryl methyl sites for hydroxylation is 2. The zero-order valence-electron chi connectivity index (χ0n) is 12.8. The lowest BCUT2D eigenvalue weighted by Crippen LogP contribution is -2.43. The Bertz CT molecular complexity index is 738. The molecule has 1 saturated heterocycles. The van der Waals surface area contributed by atoms with Crippen LogP contribution in [0.5, 0.6) is 0 Å². The third-order valence-electron chi connectivity index (χ3n) is 4.20. The molecule has 2 heterocycles. The fourth-order valence-corrected chi connectivity index (χ4v) is 2.73. The summed E-state index contributed by atoms with van der Waals surface area (Å²) in [5.74, 6) is -0.670. The van der Waals surface area contributed by atoms with Gasteiger partial charge in [0.05, 0.1) is 22.5 Å². The Morgan fingerprint density at radius 2 is 1.86 bits per heavy atom. The Morgan fingerprint density at radius 1 is 1.23 bits per heavy atom. The molecule has 6 heteroatoms. The number of rotatable bonds is 1. The number of fused-ring (bicyclic) bond motifs is 1. The first-order chi connectivity index (χ1) is 10.5. The third-order valence-corrected chi connectivity index (χ3v) is 4.20. The molecule has 0 aliphatic carbocycles. The lowest BCUT2D eigenvalue weighted by molar-refractivity contribution is 0.0716. The average molecular weight is 302 g/mol. The number of nitrogens with two attached hydrogens (primary N) is 1. The minimum Gasteiger partial charge on any atom is -0.338 e. The molecule has 1 aromatic carbocycles. The van der Waals surface area contributed by atoms with Crippen LogP contribution in [0.1, 0.15) is 34.6 Å². The van der Waals surface area contributed by atoms with E-state index in [2.05, 4.69) is 9.97 Å². The van der Waals surface area contributed by atoms with Crippen LogP contribution in [0.15, 0.2) is 12.1 Å². The number of aromatic nitrogens is 2. The molecule has 0 saturated carbocycles. The molecule has 22 heavy (non-hydrogen) atoms. The highest BCUT2D eigenvalue weighted by molar-refractivity contribution is 6.04. The van der Waals surface area contributed by atoms with E-state index in [0.717, 1.165) is 24.2 Å². The Morgan fingerprint density at radius 3 is 2.55 bits per heavy atom. The monoisotopic (exact) mass is 302 g/mol. The molecule has 2 N–H and O–H groups in total. The van der Waals surface area contributed by atoms with Crippen LogP contribution in [-0.4, -0.2) is 39.9 Å². The number of likely N-dealkylation sites (tertiary alicyclic amines) is 1. The van der Waals surface area contributed by atoms with E-state index >= 15 is 0 Å². The van der Waals surface area contributed by atoms with Crippen LogP contribution in [0, 0.1) is 19.7 Å². The van der Waals surface area contributed by atoms with Gasteiger partial charge in [-0.25, -0.2) is 14.4 Å². The van der Waals surface area contributed by atoms with Crippen molar-refractivity contribution in [2.75, 3.05) is 13.1 Å². The van der Waals surface area contributed by atoms with E-state index in [4.69, 9.17) is 5.73 Å². The highest BCUT2D eigenvalue weighted by Gasteiger charge is 2.24. The maximum Gasteiger partial charge on any atom is 0.256 e. The van der Waals surface area contributed by atoms with Gasteiger partial charge >= 0.3 is 0 Å². The van der Waals surface area contributed by atoms with Gasteiger partial charge < -0.3 is 10.6 Å². The quantitative estimate of drug-likeness (QED) is 0.874. The summed E-state index contributed by atoms with van der Waals surface area (Å²) in [5.41, 5.74) is 8.51. The predicted octanol–water partition coefficient (Wildman–Crippen LogP) is 1.95. The first-order valence-electron chi connectivity index (χ1n) is 7.45. The number of piperidine rings is 1. The van der Waals surface area contributed by atoms with Crippen LogP contribution in [0.2, 0.25) is 0 Å². The highest BCUT2D eigenvalue weighted by Crippen LogP contribution is 2.22. The molecule has 1 aliphatic heterocycles. The van der Waals surface area contributed by atoms with Crippen molar-refractivity contribution in [1.29, 1.82) is 0 Å². The second-order valence-electron chi connectivity index (χ2n) is 5.85. The van der Waals surface area contributed by atoms with E-state index in [1.807, 2.05) is 13.8 Å². The lowest BCUT2D eigenvalue weighted by Gasteiger charge is -2.30. The van der Waals surface area contributed by atoms with E-state index < -0.39 is 5.82 Å². The van der Waals surface area contributed by atoms with Gasteiger partial charge in [0.15, 0.2) is 0 Å². The molecule has 0 radical (unpaired) electrons. The molecule has 0 spiro atoms. The average Bonchev–Trinajstić information content (AvgIpc) is 2.48. The molecule has 1 aromatic heterocycles. The molecule has 0 bridgehead atoms. The maximum absolute atomic E-state index is 13.9. The standard InChI is InChI=1S/C16H19FN4O/c1-9-10(2)20-15-13(7-11(17)8-14(15)19-9)16(22)21-5-3-12(18)4-6-21/h7-8,12H,3-6,18H2,1-2H3. The van der Waals surface area contributed by atoms with Crippen molar-refractivity contribution in [1.82, 2.24) is 14.9 Å². The topological polar surface area (TPSA) is 72.1 Å². The van der Waals surface area contributed by atoms with Crippen molar-refractivity contribution in [3.8, 4) is 0 Å². The van der Waals surface area contributed by atoms with Crippen LogP contribution in [0.4, 0.5) is 4.39 Å². The molecule has 1 fully saturated rings. The van der Waals surface area contributed by atoms with Crippen molar-refractivity contribution in [3.63, 3.8) is 0 Å². The summed E-state index contributed by atoms with van der Waals surface area (Å²) in [6.07, 6.45) is 1.53. The molecular formula is C16H19FN4O. The van der Waals surface area contributed by atoms with Crippen LogP contribution >= 0.6 is 0 Å². The van der Waals surface area contributed by atoms with Gasteiger partial charge in [0.25, 0.3) is 5.91 Å². The Kier molecular flexibility index (Phi) is 3.78. The Labute approximate surface area is 128 Å². The molecule has 5 nitrogen and oxygen atoms in total. The minimum atomic E-state index is -0.470. The number of carbonyl (C=O) groups is 1. The minimum absolute atomic E-state index is 0.137. The number of hydrogen-bond donors (Lipinski definition) is 1. The van der Waals surface area contributed by atoms with Crippen LogP contribution in [-0.2, 0) is 0 Å². The predicted molar refractivity (Wildman–Crippen MR) is 82.1 cm³/mol. The Balaban J connectivity index is 2.05. The molecule has 116 valence electrons. The van der Waals surface area contributed by atoms with Gasteiger partial charge in [-0.2, -0.15) is 0 Å². The maximum atomic E-state index is 13.9. The summed E-state index contributed by atoms with van der Waals surface area (Å²) in [6.45, 7) is 4.84. The number of hydrogen-bond acceptors (Lipinski definition) is 4. The van der Waals surface area contributed by atoms with Gasteiger partial charge in [-0.15, -0.1) is 0 Å². The zero-order valence-corrected chi connectivity index (χ0v) is 12.8. The van der Waals surface area contributed by atoms with Gasteiger partial charge in [-0.1, -0.05) is 0 Å². The van der Waals surface area contributed by atoms with Crippen LogP contribution < -0.4 is 5.73 Å². The second-order valence-corrected chi connectivity index (χ2v) is 5.85. The summed E-state index contributed by atoms with van der Waals surface area (Å²) >= 11 is 0. The van der Waals surface area contributed by atoms with E-state index in [9.17, 15) is 9.18 Å². The number of carbonyl (C=O) groups excluding carboxylic acids is 1. The van der Waals surface area contributed by atoms with Gasteiger partial charge in [-0.3, -0.25) is 4.79 Å². The van der Waals surface area contributed by atoms with Crippen molar-refractivity contribution in [2.45, 2.75) is 32.7 Å². The van der Waals surface area contributed by atoms with Crippen LogP contribution in [0.3, 0.4) is 0 Å². The smallest absolute Gasteiger partial charge is 0.256 e. The highest BCUT2D eigenvalue weighted by atomic mass is 19.1. The molecule has 0 atom stereocenters. The van der Waals surface area contributed by atoms with Crippen molar-refractivity contribution >= 4 is 16.9 Å². The molecule has 1 amide bonds. The molecular weight excluding hydrogens is 283 g/mol. The summed E-state index contributed by atoms with van der Waals surface area (Å²) in [6, 6.07) is 2.71. The molecule has 3 rings (SSSR count). The van der Waals surface area contributed by atoms with E-state index in [-0.39, 0.29) is 17.5 Å². The summed E-state index contributed by atoms with van der Waals surface area (Å²) in [4.78, 5) is 23.2. The second kappa shape index (κ2) is 5.61. The van der Waals surface area contributed by atoms with Crippen molar-refractivity contribution < 1.29 is 9.18 Å². The molecule has 0 unspecified atom stereocenters. The largest absolute Gasteiger partial charge is 0.338 e. The van der Waals surface area contributed by atoms with Gasteiger partial charge in [0.1, 0.15) is 11.3 Å². The zero-order chi connectivity index (χ0) is 15.9. The van der Waals surface area contributed by atoms with Gasteiger partial charge in [-0.05, 0) is 32.8 Å². The van der Waals surface area contributed by atoms with E-state index in [0.29, 0.717) is 24.1 Å². The summed E-state index contributed by atoms with van der Waals surface area (Å²) in [5, 5.41) is 0. The summed E-state index contributed by atoms with van der Waals surface area (Å²) < 4.78 is 13.9. The van der Waals surface area contributed by atoms with E-state index in [1.165, 1.54) is 12.1 Å². The van der Waals surface area contributed by atoms with Crippen LogP contribution in [0.25, 0.3) is 11.0 Å². The van der Waals surface area contributed by atoms with Crippen molar-refractivity contribution in [3.05, 3.63) is 34.9 Å². The fourth-order valence-electron chi connectivity index (χ4n) is 2.73. The third kappa shape index (κ3) is 2.66. The van der Waals surface area contributed by atoms with Gasteiger partial charge in [0.2, 0.25) is 0 Å². The fraction of sp³-hybridized carbons (Fsp3) is 0.438. The Hall–Kier alpha value is -2.08. The van der Waals surface area contributed by atoms with E-state index in [1.54, 1.807) is 4.90 Å². The number of amides is 1. The normalized spacial score (nSPS) is 16.3. The lowest BCUT2D eigenvalue weighted by atomic mass is 10.0.